The van der Waals surface area contributed by atoms with E-state index in [-0.39, 0.29) is 32.0 Å². The number of nitrogens with one attached hydrogen (secondary N) is 1. The van der Waals surface area contributed by atoms with Crippen molar-refractivity contribution < 1.29 is 38.0 Å². The molecule has 0 fully saturated rings. The molecule has 324 valence electrons. The number of carbonyl (C=O) groups is 1. The van der Waals surface area contributed by atoms with Gasteiger partial charge in [-0.15, -0.1) is 0 Å². The highest BCUT2D eigenvalue weighted by atomic mass is 31.2. The summed E-state index contributed by atoms with van der Waals surface area (Å²) in [5.41, 5.74) is 0. The Bertz CT molecular complexity index is 1160. The Morgan fingerprint density at radius 2 is 1.14 bits per heavy atom. The lowest BCUT2D eigenvalue weighted by Crippen LogP contribution is -2.46. The summed E-state index contributed by atoms with van der Waals surface area (Å²) in [5.74, 6) is -0.375. The summed E-state index contributed by atoms with van der Waals surface area (Å²) in [6.07, 6.45) is 45.4. The van der Waals surface area contributed by atoms with Crippen LogP contribution in [-0.4, -0.2) is 84.6 Å². The van der Waals surface area contributed by atoms with Gasteiger partial charge in [0.2, 0.25) is 5.91 Å². The van der Waals surface area contributed by atoms with Crippen LogP contribution in [0.5, 0.6) is 0 Å². The van der Waals surface area contributed by atoms with Crippen LogP contribution in [0.3, 0.4) is 0 Å². The molecule has 0 saturated heterocycles. The molecule has 0 radical (unpaired) electrons. The normalized spacial score (nSPS) is 15.6. The molecule has 2 unspecified atom stereocenters. The summed E-state index contributed by atoms with van der Waals surface area (Å²) in [6, 6.07) is -0.888. The minimum absolute atomic E-state index is 0.0238. The van der Waals surface area contributed by atoms with Gasteiger partial charge in [-0.05, 0) is 44.9 Å². The maximum Gasteiger partial charge on any atom is 0.472 e. The fourth-order valence-electron chi connectivity index (χ4n) is 5.80. The van der Waals surface area contributed by atoms with Gasteiger partial charge in [0.25, 0.3) is 0 Å². The average molecular weight is 808 g/mol. The number of hydrogen-bond acceptors (Lipinski definition) is 6. The first-order valence-corrected chi connectivity index (χ1v) is 23.4. The van der Waals surface area contributed by atoms with E-state index in [9.17, 15) is 24.5 Å². The number of aliphatic hydroxyl groups excluding tert-OH is 2. The zero-order chi connectivity index (χ0) is 41.6. The van der Waals surface area contributed by atoms with E-state index in [0.29, 0.717) is 17.4 Å². The molecule has 0 aliphatic rings. The van der Waals surface area contributed by atoms with Crippen LogP contribution in [0, 0.1) is 0 Å². The second kappa shape index (κ2) is 37.2. The number of likely N-dealkylation sites (N-methyl/N-ethyl adjacent to an activating group) is 1. The van der Waals surface area contributed by atoms with E-state index >= 15 is 0 Å². The Hall–Kier alpha value is -2.10. The van der Waals surface area contributed by atoms with Gasteiger partial charge < -0.3 is 24.9 Å². The average Bonchev–Trinajstić information content (AvgIpc) is 3.14. The van der Waals surface area contributed by atoms with Crippen LogP contribution in [0.25, 0.3) is 0 Å². The molecule has 4 N–H and O–H groups in total. The van der Waals surface area contributed by atoms with Crippen molar-refractivity contribution in [1.29, 1.82) is 0 Å². The lowest BCUT2D eigenvalue weighted by Gasteiger charge is -2.26. The second-order valence-electron chi connectivity index (χ2n) is 15.9. The van der Waals surface area contributed by atoms with Crippen molar-refractivity contribution in [3.05, 3.63) is 72.9 Å². The van der Waals surface area contributed by atoms with Crippen molar-refractivity contribution in [2.75, 3.05) is 40.9 Å². The monoisotopic (exact) mass is 808 g/mol. The highest BCUT2D eigenvalue weighted by molar-refractivity contribution is 7.47. The standard InChI is InChI=1S/C46H83N2O7P/c1-6-8-10-12-14-16-18-20-22-23-24-26-28-30-32-34-36-43(49)38-39-46(51)47-44(42-55-56(52,53)54-41-40-48(3,4)5)45(50)37-35-33-31-29-27-25-21-19-17-15-13-11-9-7-2/h8,10,14,16,20,22,24,26,30,32,34,36,43-45,49-50H,6-7,9,11-13,15,17-19,21,23,25,27-29,31,33,35,37-42H2,1-5H3,(H-,47,51,52,53)/p+1/b10-8-,16-14-,22-20-,26-24-,32-30-,36-34-/t43?,44-,45+/m0/s1. The van der Waals surface area contributed by atoms with Crippen LogP contribution in [0.15, 0.2) is 72.9 Å². The van der Waals surface area contributed by atoms with Gasteiger partial charge in [0.05, 0.1) is 46.0 Å². The van der Waals surface area contributed by atoms with Gasteiger partial charge in [0.15, 0.2) is 0 Å². The second-order valence-corrected chi connectivity index (χ2v) is 17.3. The number of rotatable bonds is 38. The van der Waals surface area contributed by atoms with Crippen LogP contribution in [0.4, 0.5) is 0 Å². The number of nitrogens with zero attached hydrogens (tertiary/aromatic N) is 1. The van der Waals surface area contributed by atoms with E-state index < -0.39 is 26.1 Å². The Kier molecular flexibility index (Phi) is 35.8. The highest BCUT2D eigenvalue weighted by Gasteiger charge is 2.28. The van der Waals surface area contributed by atoms with Crippen LogP contribution in [0.1, 0.15) is 155 Å². The molecule has 0 saturated carbocycles. The summed E-state index contributed by atoms with van der Waals surface area (Å²) >= 11 is 0. The van der Waals surface area contributed by atoms with Crippen molar-refractivity contribution in [2.24, 2.45) is 0 Å². The number of unbranched alkanes of at least 4 members (excludes halogenated alkanes) is 13. The Balaban J connectivity index is 4.65. The fraction of sp³-hybridized carbons (Fsp3) is 0.717. The SMILES string of the molecule is CC/C=C\C/C=C\C/C=C\C/C=C\C/C=C\C=C/C(O)CCC(=O)N[C@@H](COP(=O)(O)OCC[N+](C)(C)C)[C@H](O)CCCCCCCCCCCCCCCC. The maximum absolute atomic E-state index is 12.9. The molecular weight excluding hydrogens is 723 g/mol. The molecule has 0 aromatic carbocycles. The molecule has 0 rings (SSSR count). The third-order valence-corrected chi connectivity index (χ3v) is 10.3. The predicted octanol–water partition coefficient (Wildman–Crippen LogP) is 11.0. The number of amides is 1. The molecule has 0 heterocycles. The first-order chi connectivity index (χ1) is 26.9. The first-order valence-electron chi connectivity index (χ1n) is 21.9. The number of phosphoric acid groups is 1. The van der Waals surface area contributed by atoms with Gasteiger partial charge in [-0.25, -0.2) is 4.57 Å². The molecule has 0 aliphatic carbocycles. The van der Waals surface area contributed by atoms with Gasteiger partial charge in [-0.1, -0.05) is 177 Å². The third-order valence-electron chi connectivity index (χ3n) is 9.34. The Labute approximate surface area is 343 Å². The quantitative estimate of drug-likeness (QED) is 0.0161. The molecule has 0 spiro atoms. The van der Waals surface area contributed by atoms with Crippen molar-refractivity contribution in [2.45, 2.75) is 173 Å². The summed E-state index contributed by atoms with van der Waals surface area (Å²) < 4.78 is 23.5. The van der Waals surface area contributed by atoms with Crippen LogP contribution in [-0.2, 0) is 18.4 Å². The Morgan fingerprint density at radius 3 is 1.64 bits per heavy atom. The van der Waals surface area contributed by atoms with E-state index in [2.05, 4.69) is 67.8 Å². The van der Waals surface area contributed by atoms with Crippen LogP contribution in [0.2, 0.25) is 0 Å². The molecule has 1 amide bonds. The van der Waals surface area contributed by atoms with Crippen molar-refractivity contribution in [3.8, 4) is 0 Å². The minimum Gasteiger partial charge on any atom is -0.391 e. The molecule has 0 bridgehead atoms. The van der Waals surface area contributed by atoms with Crippen molar-refractivity contribution >= 4 is 13.7 Å². The number of carbonyl (C=O) groups excluding carboxylic acids is 1. The van der Waals surface area contributed by atoms with E-state index in [0.717, 1.165) is 51.4 Å². The summed E-state index contributed by atoms with van der Waals surface area (Å²) in [4.78, 5) is 23.1. The molecule has 56 heavy (non-hydrogen) atoms. The van der Waals surface area contributed by atoms with Gasteiger partial charge in [-0.3, -0.25) is 13.8 Å². The third kappa shape index (κ3) is 38.8. The topological polar surface area (TPSA) is 125 Å². The van der Waals surface area contributed by atoms with Gasteiger partial charge in [0, 0.05) is 6.42 Å². The number of aliphatic hydroxyl groups is 2. The zero-order valence-corrected chi connectivity index (χ0v) is 37.1. The van der Waals surface area contributed by atoms with Gasteiger partial charge >= 0.3 is 7.82 Å². The smallest absolute Gasteiger partial charge is 0.391 e. The lowest BCUT2D eigenvalue weighted by atomic mass is 10.0. The molecule has 4 atom stereocenters. The first kappa shape index (κ1) is 53.9. The number of hydrogen-bond donors (Lipinski definition) is 4. The maximum atomic E-state index is 12.9. The van der Waals surface area contributed by atoms with Crippen LogP contribution >= 0.6 is 7.82 Å². The Morgan fingerprint density at radius 1 is 0.661 bits per heavy atom. The van der Waals surface area contributed by atoms with E-state index in [1.165, 1.54) is 70.6 Å². The van der Waals surface area contributed by atoms with Gasteiger partial charge in [-0.2, -0.15) is 0 Å². The van der Waals surface area contributed by atoms with Gasteiger partial charge in [0.1, 0.15) is 13.2 Å². The molecule has 0 aromatic rings. The summed E-state index contributed by atoms with van der Waals surface area (Å²) in [5, 5.41) is 24.2. The fourth-order valence-corrected chi connectivity index (χ4v) is 6.53. The van der Waals surface area contributed by atoms with E-state index in [4.69, 9.17) is 9.05 Å². The number of phosphoric ester groups is 1. The zero-order valence-electron chi connectivity index (χ0n) is 36.2. The van der Waals surface area contributed by atoms with E-state index in [1.807, 2.05) is 33.3 Å². The molecular formula is C46H84N2O7P+. The van der Waals surface area contributed by atoms with Crippen LogP contribution < -0.4 is 5.32 Å². The highest BCUT2D eigenvalue weighted by Crippen LogP contribution is 2.43. The largest absolute Gasteiger partial charge is 0.472 e. The summed E-state index contributed by atoms with van der Waals surface area (Å²) in [6.45, 7) is 4.56. The van der Waals surface area contributed by atoms with E-state index in [1.54, 1.807) is 12.2 Å². The molecule has 0 aliphatic heterocycles. The molecule has 9 nitrogen and oxygen atoms in total. The summed E-state index contributed by atoms with van der Waals surface area (Å²) in [7, 11) is 1.46. The minimum atomic E-state index is -4.38. The number of allylic oxidation sites excluding steroid dienone is 11. The number of quaternary nitrogens is 1. The van der Waals surface area contributed by atoms with Crippen molar-refractivity contribution in [3.63, 3.8) is 0 Å². The van der Waals surface area contributed by atoms with Crippen molar-refractivity contribution in [1.82, 2.24) is 5.32 Å². The lowest BCUT2D eigenvalue weighted by molar-refractivity contribution is -0.870. The molecule has 10 heteroatoms. The molecule has 0 aromatic heterocycles. The predicted molar refractivity (Wildman–Crippen MR) is 236 cm³/mol.